The van der Waals surface area contributed by atoms with Crippen molar-refractivity contribution in [2.75, 3.05) is 26.3 Å². The van der Waals surface area contributed by atoms with Crippen molar-refractivity contribution in [1.82, 2.24) is 4.90 Å². The van der Waals surface area contributed by atoms with E-state index in [1.54, 1.807) is 5.57 Å². The summed E-state index contributed by atoms with van der Waals surface area (Å²) >= 11 is 0. The number of aliphatic hydroxyl groups excluding tert-OH is 2. The second kappa shape index (κ2) is 8.69. The fourth-order valence-corrected chi connectivity index (χ4v) is 7.81. The van der Waals surface area contributed by atoms with Crippen LogP contribution in [0.25, 0.3) is 0 Å². The molecule has 1 saturated heterocycles. The van der Waals surface area contributed by atoms with E-state index in [1.165, 1.54) is 51.5 Å². The zero-order valence-corrected chi connectivity index (χ0v) is 20.2. The van der Waals surface area contributed by atoms with Crippen LogP contribution in [-0.4, -0.2) is 59.2 Å². The van der Waals surface area contributed by atoms with Crippen molar-refractivity contribution >= 4 is 0 Å². The van der Waals surface area contributed by atoms with Gasteiger partial charge in [0.1, 0.15) is 0 Å². The Bertz CT molecular complexity index is 796. The minimum Gasteiger partial charge on any atom is -0.393 e. The summed E-state index contributed by atoms with van der Waals surface area (Å²) in [5.41, 5.74) is 4.19. The summed E-state index contributed by atoms with van der Waals surface area (Å²) < 4.78 is 5.81. The summed E-state index contributed by atoms with van der Waals surface area (Å²) in [6, 6.07) is 0. The van der Waals surface area contributed by atoms with Crippen LogP contribution in [0.1, 0.15) is 71.6 Å². The van der Waals surface area contributed by atoms with Crippen molar-refractivity contribution in [3.8, 4) is 0 Å². The number of allylic oxidation sites excluding steroid dienone is 3. The number of aliphatic hydroxyl groups is 2. The SMILES string of the molecule is C=C1/C(=C\C=C2/CCC[C@]3(C)[C@@H](C(C)CN4CCOCC45CC5)CC[C@@H]23)C[C@@H](O)C[C@@H]1O. The molecule has 1 unspecified atom stereocenters. The average Bonchev–Trinajstić information content (AvgIpc) is 3.43. The molecule has 32 heavy (non-hydrogen) atoms. The molecule has 5 aliphatic rings. The van der Waals surface area contributed by atoms with Crippen molar-refractivity contribution < 1.29 is 14.9 Å². The third-order valence-corrected chi connectivity index (χ3v) is 9.87. The first kappa shape index (κ1) is 22.8. The van der Waals surface area contributed by atoms with E-state index >= 15 is 0 Å². The Kier molecular flexibility index (Phi) is 6.20. The molecule has 0 radical (unpaired) electrons. The van der Waals surface area contributed by atoms with Gasteiger partial charge in [0.2, 0.25) is 0 Å². The maximum absolute atomic E-state index is 10.2. The lowest BCUT2D eigenvalue weighted by molar-refractivity contribution is -0.0357. The molecule has 6 atom stereocenters. The van der Waals surface area contributed by atoms with Crippen LogP contribution in [0.5, 0.6) is 0 Å². The Morgan fingerprint density at radius 3 is 2.81 bits per heavy atom. The molecule has 4 heteroatoms. The lowest BCUT2D eigenvalue weighted by Gasteiger charge is -2.46. The smallest absolute Gasteiger partial charge is 0.0811 e. The van der Waals surface area contributed by atoms with E-state index in [0.29, 0.717) is 29.7 Å². The highest BCUT2D eigenvalue weighted by Gasteiger charge is 2.53. The minimum absolute atomic E-state index is 0.382. The number of hydrogen-bond acceptors (Lipinski definition) is 4. The Morgan fingerprint density at radius 1 is 1.22 bits per heavy atom. The quantitative estimate of drug-likeness (QED) is 0.668. The molecule has 1 spiro atoms. The van der Waals surface area contributed by atoms with Gasteiger partial charge in [-0.05, 0) is 85.7 Å². The number of fused-ring (bicyclic) bond motifs is 1. The molecular formula is C28H43NO3. The number of hydrogen-bond donors (Lipinski definition) is 2. The van der Waals surface area contributed by atoms with Gasteiger partial charge >= 0.3 is 0 Å². The predicted molar refractivity (Wildman–Crippen MR) is 128 cm³/mol. The van der Waals surface area contributed by atoms with Crippen LogP contribution in [0.15, 0.2) is 35.5 Å². The maximum Gasteiger partial charge on any atom is 0.0811 e. The molecule has 0 aromatic carbocycles. The third kappa shape index (κ3) is 4.06. The number of nitrogens with zero attached hydrogens (tertiary/aromatic N) is 1. The van der Waals surface area contributed by atoms with Gasteiger partial charge in [-0.1, -0.05) is 38.2 Å². The van der Waals surface area contributed by atoms with Gasteiger partial charge in [-0.15, -0.1) is 0 Å². The summed E-state index contributed by atoms with van der Waals surface area (Å²) in [6.07, 6.45) is 13.6. The second-order valence-corrected chi connectivity index (χ2v) is 11.9. The molecule has 4 saturated carbocycles. The molecule has 178 valence electrons. The van der Waals surface area contributed by atoms with Gasteiger partial charge in [0, 0.05) is 25.0 Å². The van der Waals surface area contributed by atoms with E-state index < -0.39 is 12.2 Å². The first-order valence-electron chi connectivity index (χ1n) is 13.1. The van der Waals surface area contributed by atoms with Crippen LogP contribution < -0.4 is 0 Å². The first-order chi connectivity index (χ1) is 15.3. The van der Waals surface area contributed by atoms with Crippen molar-refractivity contribution in [1.29, 1.82) is 0 Å². The van der Waals surface area contributed by atoms with E-state index in [0.717, 1.165) is 42.7 Å². The highest BCUT2D eigenvalue weighted by molar-refractivity contribution is 5.38. The number of rotatable bonds is 4. The summed E-state index contributed by atoms with van der Waals surface area (Å²) in [7, 11) is 0. The highest BCUT2D eigenvalue weighted by atomic mass is 16.5. The van der Waals surface area contributed by atoms with E-state index in [1.807, 2.05) is 0 Å². The molecule has 5 rings (SSSR count). The summed E-state index contributed by atoms with van der Waals surface area (Å²) in [4.78, 5) is 2.77. The van der Waals surface area contributed by atoms with Crippen molar-refractivity contribution in [2.24, 2.45) is 23.2 Å². The minimum atomic E-state index is -0.605. The van der Waals surface area contributed by atoms with Crippen LogP contribution in [0, 0.1) is 23.2 Å². The zero-order chi connectivity index (χ0) is 22.5. The number of ether oxygens (including phenoxy) is 1. The highest BCUT2D eigenvalue weighted by Crippen LogP contribution is 2.59. The molecule has 4 nitrogen and oxygen atoms in total. The van der Waals surface area contributed by atoms with Crippen molar-refractivity contribution in [2.45, 2.75) is 89.4 Å². The molecule has 0 bridgehead atoms. The monoisotopic (exact) mass is 441 g/mol. The summed E-state index contributed by atoms with van der Waals surface area (Å²) in [5, 5.41) is 20.3. The van der Waals surface area contributed by atoms with Crippen LogP contribution in [-0.2, 0) is 4.74 Å². The van der Waals surface area contributed by atoms with Gasteiger partial charge in [0.25, 0.3) is 0 Å². The van der Waals surface area contributed by atoms with Crippen LogP contribution in [0.4, 0.5) is 0 Å². The Hall–Kier alpha value is -0.940. The van der Waals surface area contributed by atoms with Gasteiger partial charge < -0.3 is 14.9 Å². The Morgan fingerprint density at radius 2 is 2.03 bits per heavy atom. The van der Waals surface area contributed by atoms with Gasteiger partial charge in [-0.2, -0.15) is 0 Å². The molecule has 0 amide bonds. The van der Waals surface area contributed by atoms with Crippen molar-refractivity contribution in [3.05, 3.63) is 35.5 Å². The molecule has 2 N–H and O–H groups in total. The number of morpholine rings is 1. The maximum atomic E-state index is 10.2. The first-order valence-corrected chi connectivity index (χ1v) is 13.1. The summed E-state index contributed by atoms with van der Waals surface area (Å²) in [6.45, 7) is 13.4. The zero-order valence-electron chi connectivity index (χ0n) is 20.2. The Labute approximate surface area is 194 Å². The fourth-order valence-electron chi connectivity index (χ4n) is 7.81. The molecule has 5 fully saturated rings. The van der Waals surface area contributed by atoms with Crippen LogP contribution in [0.3, 0.4) is 0 Å². The standard InChI is InChI=1S/C28H43NO3/c1-19(17-29-13-14-32-18-28(29)11-12-28)24-8-9-25-21(5-4-10-27(24,25)3)6-7-22-15-23(30)16-26(31)20(22)2/h6-7,19,23-26,30-31H,2,4-5,8-18H2,1,3H3/b21-6+,22-7-/t19?,23-,24-,25+,26+,27-/m1/s1. The van der Waals surface area contributed by atoms with Gasteiger partial charge in [0.15, 0.2) is 0 Å². The van der Waals surface area contributed by atoms with Crippen molar-refractivity contribution in [3.63, 3.8) is 0 Å². The van der Waals surface area contributed by atoms with Gasteiger partial charge in [0.05, 0.1) is 25.4 Å². The van der Waals surface area contributed by atoms with Crippen LogP contribution >= 0.6 is 0 Å². The van der Waals surface area contributed by atoms with E-state index in [4.69, 9.17) is 4.74 Å². The average molecular weight is 442 g/mol. The van der Waals surface area contributed by atoms with E-state index in [-0.39, 0.29) is 0 Å². The molecule has 0 aromatic heterocycles. The summed E-state index contributed by atoms with van der Waals surface area (Å²) in [5.74, 6) is 2.18. The van der Waals surface area contributed by atoms with Gasteiger partial charge in [-0.25, -0.2) is 0 Å². The van der Waals surface area contributed by atoms with Crippen LogP contribution in [0.2, 0.25) is 0 Å². The lowest BCUT2D eigenvalue weighted by atomic mass is 9.61. The molecule has 1 aliphatic heterocycles. The normalized spacial score (nSPS) is 43.1. The third-order valence-electron chi connectivity index (χ3n) is 9.87. The Balaban J connectivity index is 1.30. The lowest BCUT2D eigenvalue weighted by Crippen LogP contribution is -2.50. The topological polar surface area (TPSA) is 52.9 Å². The predicted octanol–water partition coefficient (Wildman–Crippen LogP) is 4.63. The molecule has 1 heterocycles. The molecular weight excluding hydrogens is 398 g/mol. The molecule has 0 aromatic rings. The van der Waals surface area contributed by atoms with E-state index in [2.05, 4.69) is 37.5 Å². The fraction of sp³-hybridized carbons (Fsp3) is 0.786. The van der Waals surface area contributed by atoms with Gasteiger partial charge in [-0.3, -0.25) is 4.90 Å². The second-order valence-electron chi connectivity index (χ2n) is 11.9. The largest absolute Gasteiger partial charge is 0.393 e. The molecule has 4 aliphatic carbocycles. The van der Waals surface area contributed by atoms with E-state index in [9.17, 15) is 10.2 Å².